The highest BCUT2D eigenvalue weighted by Gasteiger charge is 2.15. The Morgan fingerprint density at radius 3 is 2.50 bits per heavy atom. The highest BCUT2D eigenvalue weighted by atomic mass is 32.2. The molecule has 0 atom stereocenters. The van der Waals surface area contributed by atoms with Gasteiger partial charge >= 0.3 is 6.09 Å². The summed E-state index contributed by atoms with van der Waals surface area (Å²) >= 11 is 3.33. The van der Waals surface area contributed by atoms with Crippen LogP contribution in [0.25, 0.3) is 0 Å². The number of hydrogen-bond acceptors (Lipinski definition) is 5. The molecule has 0 bridgehead atoms. The van der Waals surface area contributed by atoms with Crippen LogP contribution < -0.4 is 5.32 Å². The molecule has 0 radical (unpaired) electrons. The van der Waals surface area contributed by atoms with Crippen molar-refractivity contribution < 1.29 is 9.63 Å². The molecule has 0 aliphatic heterocycles. The third-order valence-electron chi connectivity index (χ3n) is 1.46. The van der Waals surface area contributed by atoms with Crippen LogP contribution >= 0.6 is 23.5 Å². The number of nitrogens with one attached hydrogen (secondary N) is 1. The van der Waals surface area contributed by atoms with E-state index in [0.717, 1.165) is 16.5 Å². The second-order valence-electron chi connectivity index (χ2n) is 4.40. The van der Waals surface area contributed by atoms with Gasteiger partial charge in [-0.15, -0.1) is 0 Å². The summed E-state index contributed by atoms with van der Waals surface area (Å²) in [5.74, 6) is 0. The van der Waals surface area contributed by atoms with Crippen molar-refractivity contribution in [3.05, 3.63) is 0 Å². The van der Waals surface area contributed by atoms with E-state index >= 15 is 0 Å². The first-order chi connectivity index (χ1) is 7.39. The predicted octanol–water partition coefficient (Wildman–Crippen LogP) is 3.15. The Hall–Kier alpha value is -0.360. The van der Waals surface area contributed by atoms with Crippen LogP contribution in [0.5, 0.6) is 0 Å². The second kappa shape index (κ2) is 7.84. The second-order valence-corrected chi connectivity index (χ2v) is 6.68. The summed E-state index contributed by atoms with van der Waals surface area (Å²) in [4.78, 5) is 15.6. The smallest absolute Gasteiger partial charge is 0.323 e. The minimum Gasteiger partial charge on any atom is -0.323 e. The summed E-state index contributed by atoms with van der Waals surface area (Å²) in [6.07, 6.45) is 2.30. The summed E-state index contributed by atoms with van der Waals surface area (Å²) in [6, 6.07) is 0. The van der Waals surface area contributed by atoms with Crippen LogP contribution in [0.1, 0.15) is 27.2 Å². The van der Waals surface area contributed by atoms with Gasteiger partial charge < -0.3 is 5.32 Å². The van der Waals surface area contributed by atoms with Gasteiger partial charge in [-0.1, -0.05) is 37.7 Å². The molecule has 0 heterocycles. The monoisotopic (exact) mass is 264 g/mol. The molecular formula is C10H20N2O2S2. The fraction of sp³-hybridized carbons (Fsp3) is 0.800. The van der Waals surface area contributed by atoms with Gasteiger partial charge in [0, 0.05) is 18.6 Å². The van der Waals surface area contributed by atoms with Gasteiger partial charge in [-0.2, -0.15) is 11.8 Å². The van der Waals surface area contributed by atoms with E-state index < -0.39 is 6.09 Å². The maximum absolute atomic E-state index is 10.9. The van der Waals surface area contributed by atoms with Crippen LogP contribution in [0.3, 0.4) is 0 Å². The lowest BCUT2D eigenvalue weighted by Crippen LogP contribution is -2.18. The molecule has 0 aliphatic rings. The van der Waals surface area contributed by atoms with Crippen LogP contribution in [0, 0.1) is 5.41 Å². The van der Waals surface area contributed by atoms with Crippen molar-refractivity contribution in [2.75, 3.05) is 18.4 Å². The fourth-order valence-electron chi connectivity index (χ4n) is 0.828. The molecule has 0 aromatic heterocycles. The van der Waals surface area contributed by atoms with E-state index in [1.165, 1.54) is 7.05 Å². The molecule has 4 nitrogen and oxygen atoms in total. The molecule has 0 spiro atoms. The first kappa shape index (κ1) is 15.6. The first-order valence-electron chi connectivity index (χ1n) is 4.96. The molecule has 94 valence electrons. The molecule has 0 rings (SSSR count). The fourth-order valence-corrected chi connectivity index (χ4v) is 2.47. The van der Waals surface area contributed by atoms with E-state index in [0.29, 0.717) is 0 Å². The standard InChI is InChI=1S/C10H20N2O2S2/c1-10(2,3)6-8(16-7-15-5)12-14-9(13)11-4/h6-7H2,1-5H3,(H,11,13). The summed E-state index contributed by atoms with van der Waals surface area (Å²) in [6.45, 7) is 6.38. The number of nitrogens with zero attached hydrogens (tertiary/aromatic N) is 1. The molecule has 0 aromatic carbocycles. The lowest BCUT2D eigenvalue weighted by molar-refractivity contribution is 0.153. The highest BCUT2D eigenvalue weighted by Crippen LogP contribution is 2.25. The van der Waals surface area contributed by atoms with Gasteiger partial charge in [-0.05, 0) is 11.7 Å². The van der Waals surface area contributed by atoms with Crippen LogP contribution in [-0.4, -0.2) is 29.5 Å². The van der Waals surface area contributed by atoms with Crippen LogP contribution in [0.15, 0.2) is 5.16 Å². The molecule has 0 saturated carbocycles. The van der Waals surface area contributed by atoms with Crippen molar-refractivity contribution in [2.45, 2.75) is 27.2 Å². The van der Waals surface area contributed by atoms with E-state index in [4.69, 9.17) is 4.84 Å². The van der Waals surface area contributed by atoms with E-state index in [1.807, 2.05) is 6.26 Å². The maximum Gasteiger partial charge on any atom is 0.433 e. The highest BCUT2D eigenvalue weighted by molar-refractivity contribution is 8.23. The Balaban J connectivity index is 4.34. The zero-order chi connectivity index (χ0) is 12.6. The quantitative estimate of drug-likeness (QED) is 0.279. The van der Waals surface area contributed by atoms with Gasteiger partial charge in [-0.25, -0.2) is 4.79 Å². The van der Waals surface area contributed by atoms with Crippen LogP contribution in [0.2, 0.25) is 0 Å². The molecule has 0 aromatic rings. The molecule has 16 heavy (non-hydrogen) atoms. The normalized spacial score (nSPS) is 12.4. The molecule has 1 N–H and O–H groups in total. The van der Waals surface area contributed by atoms with Gasteiger partial charge in [0.25, 0.3) is 0 Å². The molecular weight excluding hydrogens is 244 g/mol. The third kappa shape index (κ3) is 8.91. The Kier molecular flexibility index (Phi) is 7.66. The van der Waals surface area contributed by atoms with Gasteiger partial charge in [-0.3, -0.25) is 4.84 Å². The van der Waals surface area contributed by atoms with Gasteiger partial charge in [0.2, 0.25) is 0 Å². The van der Waals surface area contributed by atoms with Crippen LogP contribution in [-0.2, 0) is 4.84 Å². The predicted molar refractivity (Wildman–Crippen MR) is 73.0 cm³/mol. The van der Waals surface area contributed by atoms with E-state index in [9.17, 15) is 4.79 Å². The Bertz CT molecular complexity index is 250. The van der Waals surface area contributed by atoms with Crippen molar-refractivity contribution in [1.82, 2.24) is 5.32 Å². The summed E-state index contributed by atoms with van der Waals surface area (Å²) < 4.78 is 0. The number of carbonyl (C=O) groups is 1. The van der Waals surface area contributed by atoms with Crippen molar-refractivity contribution in [1.29, 1.82) is 0 Å². The van der Waals surface area contributed by atoms with Gasteiger partial charge in [0.15, 0.2) is 0 Å². The molecule has 1 amide bonds. The molecule has 0 unspecified atom stereocenters. The van der Waals surface area contributed by atoms with Crippen molar-refractivity contribution in [2.24, 2.45) is 10.6 Å². The van der Waals surface area contributed by atoms with Crippen molar-refractivity contribution in [3.8, 4) is 0 Å². The Labute approximate surface area is 106 Å². The zero-order valence-corrected chi connectivity index (χ0v) is 12.1. The summed E-state index contributed by atoms with van der Waals surface area (Å²) in [5, 5.41) is 7.99. The lowest BCUT2D eigenvalue weighted by Gasteiger charge is -2.18. The zero-order valence-electron chi connectivity index (χ0n) is 10.5. The minimum atomic E-state index is -0.531. The molecule has 0 aliphatic carbocycles. The average molecular weight is 264 g/mol. The maximum atomic E-state index is 10.9. The third-order valence-corrected chi connectivity index (χ3v) is 3.43. The van der Waals surface area contributed by atoms with Crippen molar-refractivity contribution >= 4 is 34.7 Å². The first-order valence-corrected chi connectivity index (χ1v) is 7.34. The van der Waals surface area contributed by atoms with Crippen molar-refractivity contribution in [3.63, 3.8) is 0 Å². The van der Waals surface area contributed by atoms with Gasteiger partial charge in [0.05, 0.1) is 0 Å². The number of rotatable bonds is 4. The topological polar surface area (TPSA) is 50.7 Å². The summed E-state index contributed by atoms with van der Waals surface area (Å²) in [5.41, 5.74) is 0.135. The largest absolute Gasteiger partial charge is 0.433 e. The SMILES string of the molecule is CNC(=O)ON=C(CC(C)(C)C)SCSC. The number of thioether (sulfide) groups is 2. The number of oxime groups is 1. The molecule has 0 saturated heterocycles. The van der Waals surface area contributed by atoms with Crippen LogP contribution in [0.4, 0.5) is 4.79 Å². The Morgan fingerprint density at radius 1 is 1.44 bits per heavy atom. The van der Waals surface area contributed by atoms with Gasteiger partial charge in [0.1, 0.15) is 5.04 Å². The number of amides is 1. The molecule has 6 heteroatoms. The van der Waals surface area contributed by atoms with E-state index in [2.05, 4.69) is 31.2 Å². The van der Waals surface area contributed by atoms with E-state index in [-0.39, 0.29) is 5.41 Å². The number of hydrogen-bond donors (Lipinski definition) is 1. The average Bonchev–Trinajstić information content (AvgIpc) is 2.19. The van der Waals surface area contributed by atoms with E-state index in [1.54, 1.807) is 23.5 Å². The minimum absolute atomic E-state index is 0.135. The summed E-state index contributed by atoms with van der Waals surface area (Å²) in [7, 11) is 1.51. The Morgan fingerprint density at radius 2 is 2.06 bits per heavy atom. The lowest BCUT2D eigenvalue weighted by atomic mass is 9.93. The number of carbonyl (C=O) groups excluding carboxylic acids is 1. The molecule has 0 fully saturated rings.